The Bertz CT molecular complexity index is 1220. The maximum atomic E-state index is 12.7. The molecule has 0 N–H and O–H groups in total. The molecule has 0 amide bonds. The predicted octanol–water partition coefficient (Wildman–Crippen LogP) is 3.27. The number of fused-ring (bicyclic) bond motifs is 1. The first-order chi connectivity index (χ1) is 14.5. The maximum Gasteiger partial charge on any atom is 0.387 e. The van der Waals surface area contributed by atoms with Crippen molar-refractivity contribution in [1.82, 2.24) is 24.5 Å². The zero-order valence-electron chi connectivity index (χ0n) is 16.1. The normalized spacial score (nSPS) is 11.2. The number of alkyl halides is 2. The number of ether oxygens (including phenoxy) is 2. The van der Waals surface area contributed by atoms with Gasteiger partial charge in [-0.15, -0.1) is 5.10 Å². The molecule has 0 aliphatic rings. The van der Waals surface area contributed by atoms with E-state index in [4.69, 9.17) is 4.74 Å². The van der Waals surface area contributed by atoms with E-state index >= 15 is 0 Å². The number of para-hydroxylation sites is 1. The molecule has 2 aromatic heterocycles. The molecule has 0 saturated heterocycles. The van der Waals surface area contributed by atoms with Crippen LogP contribution in [-0.4, -0.2) is 44.2 Å². The molecule has 0 radical (unpaired) electrons. The fourth-order valence-electron chi connectivity index (χ4n) is 3.16. The van der Waals surface area contributed by atoms with Gasteiger partial charge >= 0.3 is 12.6 Å². The Morgan fingerprint density at radius 1 is 1.20 bits per heavy atom. The summed E-state index contributed by atoms with van der Waals surface area (Å²) in [6, 6.07) is 11.5. The van der Waals surface area contributed by atoms with E-state index in [2.05, 4.69) is 20.0 Å². The van der Waals surface area contributed by atoms with Crippen molar-refractivity contribution >= 4 is 17.0 Å². The van der Waals surface area contributed by atoms with Crippen LogP contribution in [0, 0.1) is 0 Å². The first-order valence-corrected chi connectivity index (χ1v) is 8.94. The van der Waals surface area contributed by atoms with Crippen LogP contribution in [0.5, 0.6) is 5.75 Å². The molecule has 0 bridgehead atoms. The van der Waals surface area contributed by atoms with Crippen molar-refractivity contribution in [2.75, 3.05) is 7.11 Å². The number of hydrogen-bond donors (Lipinski definition) is 0. The van der Waals surface area contributed by atoms with Gasteiger partial charge in [0.15, 0.2) is 0 Å². The van der Waals surface area contributed by atoms with Crippen LogP contribution in [0.25, 0.3) is 22.3 Å². The summed E-state index contributed by atoms with van der Waals surface area (Å²) in [4.78, 5) is 16.3. The molecule has 4 aromatic rings. The van der Waals surface area contributed by atoms with Gasteiger partial charge in [-0.05, 0) is 30.3 Å². The highest BCUT2D eigenvalue weighted by Crippen LogP contribution is 2.29. The Kier molecular flexibility index (Phi) is 5.13. The van der Waals surface area contributed by atoms with Crippen molar-refractivity contribution in [1.29, 1.82) is 0 Å². The molecule has 0 atom stereocenters. The average molecular weight is 413 g/mol. The quantitative estimate of drug-likeness (QED) is 0.451. The maximum absolute atomic E-state index is 12.7. The molecule has 154 valence electrons. The van der Waals surface area contributed by atoms with Gasteiger partial charge in [0.1, 0.15) is 23.8 Å². The van der Waals surface area contributed by atoms with E-state index < -0.39 is 12.6 Å². The van der Waals surface area contributed by atoms with Crippen molar-refractivity contribution in [3.8, 4) is 17.0 Å². The fourth-order valence-corrected chi connectivity index (χ4v) is 3.16. The number of carbonyl (C=O) groups is 1. The lowest BCUT2D eigenvalue weighted by Gasteiger charge is -2.07. The minimum Gasteiger partial charge on any atom is -0.465 e. The number of nitrogens with zero attached hydrogens (tertiary/aromatic N) is 5. The van der Waals surface area contributed by atoms with E-state index in [-0.39, 0.29) is 5.75 Å². The van der Waals surface area contributed by atoms with E-state index in [0.717, 1.165) is 5.52 Å². The standard InChI is InChI=1S/C20H17F2N5O3/c1-26-16-8-7-12(19(28)29-2)9-14(16)23-18(26)11-27-10-15(24-25-27)13-5-3-4-6-17(13)30-20(21)22/h3-10,20H,11H2,1-2H3. The van der Waals surface area contributed by atoms with Gasteiger partial charge in [-0.2, -0.15) is 8.78 Å². The van der Waals surface area contributed by atoms with Crippen LogP contribution < -0.4 is 4.74 Å². The molecule has 10 heteroatoms. The summed E-state index contributed by atoms with van der Waals surface area (Å²) in [7, 11) is 3.18. The third kappa shape index (κ3) is 3.71. The van der Waals surface area contributed by atoms with Gasteiger partial charge in [-0.1, -0.05) is 17.3 Å². The highest BCUT2D eigenvalue weighted by Gasteiger charge is 2.16. The van der Waals surface area contributed by atoms with Crippen LogP contribution in [0.3, 0.4) is 0 Å². The number of halogens is 2. The molecule has 8 nitrogen and oxygen atoms in total. The number of aromatic nitrogens is 5. The first kappa shape index (κ1) is 19.5. The van der Waals surface area contributed by atoms with Crippen LogP contribution in [-0.2, 0) is 18.3 Å². The monoisotopic (exact) mass is 413 g/mol. The lowest BCUT2D eigenvalue weighted by Crippen LogP contribution is -2.06. The molecule has 0 saturated carbocycles. The Hall–Kier alpha value is -3.82. The highest BCUT2D eigenvalue weighted by molar-refractivity contribution is 5.93. The average Bonchev–Trinajstić information content (AvgIpc) is 3.32. The van der Waals surface area contributed by atoms with Crippen LogP contribution >= 0.6 is 0 Å². The molecule has 0 aliphatic heterocycles. The SMILES string of the molecule is COC(=O)c1ccc2c(c1)nc(Cn1cc(-c3ccccc3OC(F)F)nn1)n2C. The molecule has 30 heavy (non-hydrogen) atoms. The minimum atomic E-state index is -2.93. The van der Waals surface area contributed by atoms with Crippen molar-refractivity contribution in [3.63, 3.8) is 0 Å². The van der Waals surface area contributed by atoms with Crippen LogP contribution in [0.1, 0.15) is 16.2 Å². The lowest BCUT2D eigenvalue weighted by atomic mass is 10.1. The summed E-state index contributed by atoms with van der Waals surface area (Å²) in [6.45, 7) is -2.64. The van der Waals surface area contributed by atoms with Gasteiger partial charge < -0.3 is 14.0 Å². The largest absolute Gasteiger partial charge is 0.465 e. The number of carbonyl (C=O) groups excluding carboxylic acids is 1. The third-order valence-electron chi connectivity index (χ3n) is 4.62. The van der Waals surface area contributed by atoms with Crippen molar-refractivity contribution in [2.45, 2.75) is 13.2 Å². The van der Waals surface area contributed by atoms with Crippen molar-refractivity contribution in [2.24, 2.45) is 7.05 Å². The molecule has 0 spiro atoms. The summed E-state index contributed by atoms with van der Waals surface area (Å²) in [5, 5.41) is 8.15. The molecule has 4 rings (SSSR count). The van der Waals surface area contributed by atoms with E-state index in [1.165, 1.54) is 13.2 Å². The molecule has 2 heterocycles. The smallest absolute Gasteiger partial charge is 0.387 e. The van der Waals surface area contributed by atoms with Crippen molar-refractivity contribution in [3.05, 3.63) is 60.0 Å². The zero-order valence-corrected chi connectivity index (χ0v) is 16.1. The number of benzene rings is 2. The van der Waals surface area contributed by atoms with Crippen LogP contribution in [0.15, 0.2) is 48.7 Å². The number of imidazole rings is 1. The number of rotatable bonds is 6. The van der Waals surface area contributed by atoms with Gasteiger partial charge in [-0.3, -0.25) is 0 Å². The topological polar surface area (TPSA) is 84.1 Å². The number of hydrogen-bond acceptors (Lipinski definition) is 6. The van der Waals surface area contributed by atoms with E-state index in [0.29, 0.717) is 34.7 Å². The Morgan fingerprint density at radius 2 is 2.00 bits per heavy atom. The van der Waals surface area contributed by atoms with Gasteiger partial charge in [0.05, 0.1) is 29.9 Å². The Morgan fingerprint density at radius 3 is 2.77 bits per heavy atom. The highest BCUT2D eigenvalue weighted by atomic mass is 19.3. The van der Waals surface area contributed by atoms with Crippen LogP contribution in [0.4, 0.5) is 8.78 Å². The Labute approximate surface area is 169 Å². The van der Waals surface area contributed by atoms with E-state index in [1.54, 1.807) is 47.3 Å². The molecule has 0 aliphatic carbocycles. The summed E-state index contributed by atoms with van der Waals surface area (Å²) in [5.41, 5.74) is 2.71. The van der Waals surface area contributed by atoms with E-state index in [9.17, 15) is 13.6 Å². The summed E-state index contributed by atoms with van der Waals surface area (Å²) in [5.74, 6) is 0.271. The summed E-state index contributed by atoms with van der Waals surface area (Å²) < 4.78 is 38.0. The van der Waals surface area contributed by atoms with Gasteiger partial charge in [0.2, 0.25) is 0 Å². The number of esters is 1. The molecular weight excluding hydrogens is 396 g/mol. The minimum absolute atomic E-state index is 0.0256. The second-order valence-electron chi connectivity index (χ2n) is 6.46. The Balaban J connectivity index is 1.62. The third-order valence-corrected chi connectivity index (χ3v) is 4.62. The van der Waals surface area contributed by atoms with Gasteiger partial charge in [-0.25, -0.2) is 14.5 Å². The fraction of sp³-hybridized carbons (Fsp3) is 0.200. The molecular formula is C20H17F2N5O3. The second kappa shape index (κ2) is 7.90. The second-order valence-corrected chi connectivity index (χ2v) is 6.46. The first-order valence-electron chi connectivity index (χ1n) is 8.94. The van der Waals surface area contributed by atoms with Gasteiger partial charge in [0, 0.05) is 12.6 Å². The van der Waals surface area contributed by atoms with Gasteiger partial charge in [0.25, 0.3) is 0 Å². The molecule has 0 unspecified atom stereocenters. The molecule has 0 fully saturated rings. The lowest BCUT2D eigenvalue weighted by molar-refractivity contribution is -0.0494. The van der Waals surface area contributed by atoms with Crippen LogP contribution in [0.2, 0.25) is 0 Å². The van der Waals surface area contributed by atoms with Crippen molar-refractivity contribution < 1.29 is 23.0 Å². The molecule has 2 aromatic carbocycles. The number of aryl methyl sites for hydroxylation is 1. The van der Waals surface area contributed by atoms with E-state index in [1.807, 2.05) is 11.6 Å². The number of methoxy groups -OCH3 is 1. The zero-order chi connectivity index (χ0) is 21.3. The summed E-state index contributed by atoms with van der Waals surface area (Å²) in [6.07, 6.45) is 1.63. The summed E-state index contributed by atoms with van der Waals surface area (Å²) >= 11 is 0. The predicted molar refractivity (Wildman–Crippen MR) is 103 cm³/mol.